The molecule has 1 unspecified atom stereocenters. The van der Waals surface area contributed by atoms with Gasteiger partial charge in [0.15, 0.2) is 0 Å². The van der Waals surface area contributed by atoms with Crippen LogP contribution in [0, 0.1) is 11.8 Å². The molecule has 0 saturated carbocycles. The van der Waals surface area contributed by atoms with Gasteiger partial charge in [-0.3, -0.25) is 15.0 Å². The van der Waals surface area contributed by atoms with Gasteiger partial charge in [0.05, 0.1) is 25.2 Å². The average molecular weight is 1110 g/mol. The monoisotopic (exact) mass is 1110 g/mol. The third-order valence-electron chi connectivity index (χ3n) is 12.5. The molecule has 0 aliphatic rings. The molecule has 355 valence electrons. The molecule has 0 bridgehead atoms. The van der Waals surface area contributed by atoms with Crippen LogP contribution >= 0.6 is 0 Å². The Morgan fingerprint density at radius 3 is 1.63 bits per heavy atom. The summed E-state index contributed by atoms with van der Waals surface area (Å²) in [6, 6.07) is 65.4. The first-order valence-electron chi connectivity index (χ1n) is 24.5. The number of pyridine rings is 3. The Balaban J connectivity index is 0.000000167. The summed E-state index contributed by atoms with van der Waals surface area (Å²) in [4.78, 5) is 13.9. The minimum Gasteiger partial charge on any atom is -0.455 e. The van der Waals surface area contributed by atoms with Crippen molar-refractivity contribution in [1.82, 2.24) is 15.0 Å². The molecule has 10 aromatic rings. The molecule has 6 aromatic carbocycles. The van der Waals surface area contributed by atoms with Gasteiger partial charge in [-0.1, -0.05) is 200 Å². The van der Waals surface area contributed by atoms with Gasteiger partial charge in [-0.2, -0.15) is 0 Å². The van der Waals surface area contributed by atoms with Gasteiger partial charge >= 0.3 is 0 Å². The van der Waals surface area contributed by atoms with Crippen molar-refractivity contribution in [2.24, 2.45) is 11.8 Å². The van der Waals surface area contributed by atoms with Crippen molar-refractivity contribution in [3.05, 3.63) is 229 Å². The first-order chi connectivity index (χ1) is 33.4. The maximum atomic E-state index is 6.45. The van der Waals surface area contributed by atoms with E-state index in [-0.39, 0.29) is 26.0 Å². The molecule has 0 saturated heterocycles. The maximum absolute atomic E-state index is 6.45. The molecule has 0 aliphatic heterocycles. The smallest absolute Gasteiger partial charge is 0.144 e. The molecule has 0 N–H and O–H groups in total. The van der Waals surface area contributed by atoms with Gasteiger partial charge in [0.2, 0.25) is 0 Å². The van der Waals surface area contributed by atoms with E-state index in [9.17, 15) is 0 Å². The molecule has 6 heteroatoms. The number of benzene rings is 6. The Labute approximate surface area is 430 Å². The number of nitrogens with zero attached hydrogens (tertiary/aromatic N) is 3. The number of hydrogen-bond acceptors (Lipinski definition) is 4. The molecule has 0 aliphatic carbocycles. The molecule has 0 fully saturated rings. The van der Waals surface area contributed by atoms with Crippen molar-refractivity contribution < 1.29 is 24.5 Å². The summed E-state index contributed by atoms with van der Waals surface area (Å²) >= 11 is 0. The van der Waals surface area contributed by atoms with Crippen LogP contribution in [0.3, 0.4) is 0 Å². The molecular formula is C64H65IrN3OSi. The van der Waals surface area contributed by atoms with Gasteiger partial charge in [-0.25, -0.2) is 0 Å². The molecule has 70 heavy (non-hydrogen) atoms. The molecule has 1 atom stereocenters. The molecular weight excluding hydrogens is 1050 g/mol. The van der Waals surface area contributed by atoms with Crippen molar-refractivity contribution in [2.45, 2.75) is 73.0 Å². The Kier molecular flexibility index (Phi) is 17.5. The zero-order valence-corrected chi connectivity index (χ0v) is 45.3. The quantitative estimate of drug-likeness (QED) is 0.121. The minimum absolute atomic E-state index is 0. The Bertz CT molecular complexity index is 3220. The number of furan rings is 1. The first-order valence-corrected chi connectivity index (χ1v) is 28.0. The molecule has 0 spiro atoms. The van der Waals surface area contributed by atoms with E-state index >= 15 is 0 Å². The van der Waals surface area contributed by atoms with E-state index in [4.69, 9.17) is 14.4 Å². The fraction of sp³-hybridized carbons (Fsp3) is 0.203. The molecule has 4 aromatic heterocycles. The molecule has 4 heterocycles. The van der Waals surface area contributed by atoms with Crippen LogP contribution in [0.25, 0.3) is 66.8 Å². The van der Waals surface area contributed by atoms with Gasteiger partial charge in [-0.15, -0.1) is 0 Å². The molecule has 10 rings (SSSR count). The normalized spacial score (nSPS) is 11.6. The van der Waals surface area contributed by atoms with Crippen LogP contribution in [0.5, 0.6) is 0 Å². The summed E-state index contributed by atoms with van der Waals surface area (Å²) in [6.07, 6.45) is 8.19. The number of aromatic nitrogens is 3. The summed E-state index contributed by atoms with van der Waals surface area (Å²) in [5.41, 5.74) is 16.1. The SMILES string of the molecule is CC(C)Cc1cc(-c2ccccc2)ncc1[Si](C)(C)C.CC(C)Cc1ccnc(-c2ccccc2)c1.CC(c1ccccc1)c1ccnc(-c2cccc3c2oc2cccc(-c4ccccc4)c23)c1.[Ir]. The van der Waals surface area contributed by atoms with E-state index in [0.29, 0.717) is 11.8 Å². The Morgan fingerprint density at radius 1 is 0.471 bits per heavy atom. The van der Waals surface area contributed by atoms with Crippen LogP contribution < -0.4 is 5.19 Å². The summed E-state index contributed by atoms with van der Waals surface area (Å²) in [7, 11) is -1.33. The zero-order valence-electron chi connectivity index (χ0n) is 41.9. The predicted molar refractivity (Wildman–Crippen MR) is 296 cm³/mol. The van der Waals surface area contributed by atoms with E-state index in [0.717, 1.165) is 57.4 Å². The topological polar surface area (TPSA) is 51.8 Å². The second-order valence-electron chi connectivity index (χ2n) is 19.9. The molecule has 4 nitrogen and oxygen atoms in total. The molecule has 0 amide bonds. The van der Waals surface area contributed by atoms with E-state index in [2.05, 4.69) is 223 Å². The summed E-state index contributed by atoms with van der Waals surface area (Å²) in [5.74, 6) is 1.65. The maximum Gasteiger partial charge on any atom is 0.144 e. The third-order valence-corrected chi connectivity index (χ3v) is 14.6. The van der Waals surface area contributed by atoms with Crippen molar-refractivity contribution >= 4 is 35.2 Å². The number of rotatable bonds is 11. The van der Waals surface area contributed by atoms with Crippen molar-refractivity contribution in [1.29, 1.82) is 0 Å². The minimum atomic E-state index is -1.33. The second-order valence-corrected chi connectivity index (χ2v) is 24.9. The summed E-state index contributed by atoms with van der Waals surface area (Å²) in [6.45, 7) is 18.5. The van der Waals surface area contributed by atoms with E-state index < -0.39 is 8.07 Å². The van der Waals surface area contributed by atoms with E-state index in [1.807, 2.05) is 42.7 Å². The fourth-order valence-corrected chi connectivity index (χ4v) is 10.7. The van der Waals surface area contributed by atoms with Crippen molar-refractivity contribution in [3.63, 3.8) is 0 Å². The zero-order chi connectivity index (χ0) is 48.3. The Morgan fingerprint density at radius 2 is 1.01 bits per heavy atom. The van der Waals surface area contributed by atoms with Gasteiger partial charge in [0.1, 0.15) is 11.2 Å². The first kappa shape index (κ1) is 51.3. The fourth-order valence-electron chi connectivity index (χ4n) is 9.09. The average Bonchev–Trinajstić information content (AvgIpc) is 3.76. The number of hydrogen-bond donors (Lipinski definition) is 0. The van der Waals surface area contributed by atoms with Gasteiger partial charge in [-0.05, 0) is 106 Å². The largest absolute Gasteiger partial charge is 0.455 e. The second kappa shape index (κ2) is 23.8. The van der Waals surface area contributed by atoms with Crippen LogP contribution in [0.1, 0.15) is 62.8 Å². The predicted octanol–water partition coefficient (Wildman–Crippen LogP) is 16.9. The van der Waals surface area contributed by atoms with Gasteiger partial charge in [0, 0.05) is 72.1 Å². The summed E-state index contributed by atoms with van der Waals surface area (Å²) < 4.78 is 6.45. The van der Waals surface area contributed by atoms with Crippen LogP contribution in [0.2, 0.25) is 19.6 Å². The summed E-state index contributed by atoms with van der Waals surface area (Å²) in [5, 5.41) is 3.77. The Hall–Kier alpha value is -6.56. The van der Waals surface area contributed by atoms with Gasteiger partial charge in [0.25, 0.3) is 0 Å². The van der Waals surface area contributed by atoms with E-state index in [1.54, 1.807) is 0 Å². The van der Waals surface area contributed by atoms with Crippen LogP contribution in [0.15, 0.2) is 211 Å². The van der Waals surface area contributed by atoms with Crippen molar-refractivity contribution in [2.75, 3.05) is 0 Å². The van der Waals surface area contributed by atoms with Crippen LogP contribution in [-0.4, -0.2) is 23.0 Å². The van der Waals surface area contributed by atoms with E-state index in [1.165, 1.54) is 49.7 Å². The number of para-hydroxylation sites is 1. The third kappa shape index (κ3) is 12.8. The van der Waals surface area contributed by atoms with Crippen molar-refractivity contribution in [3.8, 4) is 44.9 Å². The number of fused-ring (bicyclic) bond motifs is 3. The van der Waals surface area contributed by atoms with Crippen LogP contribution in [0.4, 0.5) is 0 Å². The van der Waals surface area contributed by atoms with Crippen LogP contribution in [-0.2, 0) is 32.9 Å². The molecule has 1 radical (unpaired) electrons. The van der Waals surface area contributed by atoms with Gasteiger partial charge < -0.3 is 4.42 Å². The standard InChI is InChI=1S/C31H23NO.C18H25NSi.C15H17N.Ir/c1-21(22-10-4-2-5-11-22)24-18-19-32-28(20-24)26-15-8-16-27-30-25(23-12-6-3-7-13-23)14-9-17-29(30)33-31(26)27;1-14(2)11-16-12-17(15-9-7-6-8-10-15)19-13-18(16)20(3,4)5;1-12(2)10-13-8-9-16-15(11-13)14-6-4-3-5-7-14;/h2-21H,1H3;6-10,12-14H,11H2,1-5H3;3-9,11-12H,10H2,1-2H3;.